The molecule has 8 heteroatoms. The molecule has 0 amide bonds. The van der Waals surface area contributed by atoms with Crippen LogP contribution in [0.5, 0.6) is 0 Å². The molecule has 0 atom stereocenters. The average molecular weight is 492 g/mol. The maximum atomic E-state index is 13.2. The lowest BCUT2D eigenvalue weighted by Crippen LogP contribution is -2.37. The summed E-state index contributed by atoms with van der Waals surface area (Å²) in [5.74, 6) is 1.45. The van der Waals surface area contributed by atoms with Crippen molar-refractivity contribution < 1.29 is 0 Å². The van der Waals surface area contributed by atoms with E-state index >= 15 is 0 Å². The van der Waals surface area contributed by atoms with E-state index in [1.54, 1.807) is 7.05 Å². The fraction of sp³-hybridized carbons (Fsp3) is 0.370. The van der Waals surface area contributed by atoms with Crippen LogP contribution in [0.25, 0.3) is 11.2 Å². The van der Waals surface area contributed by atoms with Gasteiger partial charge >= 0.3 is 5.69 Å². The van der Waals surface area contributed by atoms with Gasteiger partial charge in [0.25, 0.3) is 5.56 Å². The molecule has 7 nitrogen and oxygen atoms in total. The summed E-state index contributed by atoms with van der Waals surface area (Å²) in [7, 11) is 3.17. The summed E-state index contributed by atoms with van der Waals surface area (Å²) in [4.78, 5) is 32.9. The molecule has 1 saturated heterocycles. The van der Waals surface area contributed by atoms with E-state index in [1.807, 2.05) is 28.8 Å². The molecule has 2 aromatic carbocycles. The van der Waals surface area contributed by atoms with E-state index in [4.69, 9.17) is 16.6 Å². The molecule has 0 aliphatic carbocycles. The number of fused-ring (bicyclic) bond motifs is 1. The number of halogens is 1. The van der Waals surface area contributed by atoms with E-state index in [2.05, 4.69) is 35.2 Å². The van der Waals surface area contributed by atoms with Crippen LogP contribution < -0.4 is 11.2 Å². The fourth-order valence-electron chi connectivity index (χ4n) is 5.08. The zero-order valence-electron chi connectivity index (χ0n) is 20.2. The summed E-state index contributed by atoms with van der Waals surface area (Å²) in [6.07, 6.45) is 3.36. The van der Waals surface area contributed by atoms with Crippen LogP contribution in [0.3, 0.4) is 0 Å². The van der Waals surface area contributed by atoms with Crippen molar-refractivity contribution in [3.8, 4) is 0 Å². The second-order valence-corrected chi connectivity index (χ2v) is 9.90. The first-order valence-electron chi connectivity index (χ1n) is 12.1. The Bertz CT molecular complexity index is 1460. The minimum absolute atomic E-state index is 0.338. The molecule has 182 valence electrons. The largest absolute Gasteiger partial charge is 0.332 e. The Morgan fingerprint density at radius 2 is 1.60 bits per heavy atom. The molecule has 0 radical (unpaired) electrons. The van der Waals surface area contributed by atoms with Crippen molar-refractivity contribution in [3.05, 3.63) is 97.4 Å². The maximum absolute atomic E-state index is 13.2. The summed E-state index contributed by atoms with van der Waals surface area (Å²) in [5, 5.41) is 0.642. The SMILES string of the molecule is Cn1c(=O)c2c(nc(CN3CCC(Cc4ccccc4)CC3)n2Cc2ccccc2Cl)n(C)c1=O. The highest BCUT2D eigenvalue weighted by Gasteiger charge is 2.24. The molecule has 0 bridgehead atoms. The van der Waals surface area contributed by atoms with Crippen LogP contribution in [0.15, 0.2) is 64.2 Å². The second kappa shape index (κ2) is 9.84. The molecular formula is C27H30ClN5O2. The highest BCUT2D eigenvalue weighted by atomic mass is 35.5. The van der Waals surface area contributed by atoms with E-state index in [-0.39, 0.29) is 11.2 Å². The normalized spacial score (nSPS) is 15.2. The molecule has 5 rings (SSSR count). The minimum atomic E-state index is -0.377. The van der Waals surface area contributed by atoms with Crippen molar-refractivity contribution in [1.29, 1.82) is 0 Å². The van der Waals surface area contributed by atoms with Gasteiger partial charge in [0.1, 0.15) is 5.82 Å². The van der Waals surface area contributed by atoms with Crippen LogP contribution in [0.4, 0.5) is 0 Å². The highest BCUT2D eigenvalue weighted by Crippen LogP contribution is 2.25. The van der Waals surface area contributed by atoms with Crippen LogP contribution >= 0.6 is 11.6 Å². The molecule has 1 aliphatic heterocycles. The van der Waals surface area contributed by atoms with Crippen molar-refractivity contribution in [1.82, 2.24) is 23.6 Å². The summed E-state index contributed by atoms with van der Waals surface area (Å²) in [6.45, 7) is 2.99. The lowest BCUT2D eigenvalue weighted by Gasteiger charge is -2.31. The Morgan fingerprint density at radius 1 is 0.914 bits per heavy atom. The van der Waals surface area contributed by atoms with E-state index in [9.17, 15) is 9.59 Å². The van der Waals surface area contributed by atoms with Gasteiger partial charge in [-0.1, -0.05) is 60.1 Å². The summed E-state index contributed by atoms with van der Waals surface area (Å²) in [5.41, 5.74) is 2.44. The monoisotopic (exact) mass is 491 g/mol. The van der Waals surface area contributed by atoms with E-state index in [0.29, 0.717) is 35.2 Å². The minimum Gasteiger partial charge on any atom is -0.316 e. The van der Waals surface area contributed by atoms with Gasteiger partial charge in [-0.3, -0.25) is 18.8 Å². The third kappa shape index (κ3) is 4.70. The molecule has 2 aromatic heterocycles. The smallest absolute Gasteiger partial charge is 0.316 e. The van der Waals surface area contributed by atoms with Crippen LogP contribution in [0.2, 0.25) is 5.02 Å². The van der Waals surface area contributed by atoms with Crippen molar-refractivity contribution in [2.75, 3.05) is 13.1 Å². The Morgan fingerprint density at radius 3 is 2.31 bits per heavy atom. The number of hydrogen-bond donors (Lipinski definition) is 0. The van der Waals surface area contributed by atoms with Crippen molar-refractivity contribution >= 4 is 22.8 Å². The maximum Gasteiger partial charge on any atom is 0.332 e. The number of nitrogens with zero attached hydrogens (tertiary/aromatic N) is 5. The number of hydrogen-bond acceptors (Lipinski definition) is 4. The van der Waals surface area contributed by atoms with E-state index in [0.717, 1.165) is 48.3 Å². The van der Waals surface area contributed by atoms with Crippen LogP contribution in [0.1, 0.15) is 29.8 Å². The summed E-state index contributed by atoms with van der Waals surface area (Å²) >= 11 is 6.46. The number of benzene rings is 2. The lowest BCUT2D eigenvalue weighted by atomic mass is 9.90. The van der Waals surface area contributed by atoms with Crippen molar-refractivity contribution in [2.45, 2.75) is 32.4 Å². The van der Waals surface area contributed by atoms with Gasteiger partial charge < -0.3 is 4.57 Å². The molecule has 4 aromatic rings. The zero-order valence-corrected chi connectivity index (χ0v) is 20.9. The van der Waals surface area contributed by atoms with Crippen LogP contribution in [-0.4, -0.2) is 36.7 Å². The molecule has 35 heavy (non-hydrogen) atoms. The Kier molecular flexibility index (Phi) is 6.62. The van der Waals surface area contributed by atoms with E-state index < -0.39 is 0 Å². The van der Waals surface area contributed by atoms with Crippen molar-refractivity contribution in [3.63, 3.8) is 0 Å². The molecule has 0 N–H and O–H groups in total. The van der Waals surface area contributed by atoms with E-state index in [1.165, 1.54) is 17.2 Å². The number of aryl methyl sites for hydroxylation is 1. The Hall–Kier alpha value is -3.16. The zero-order chi connectivity index (χ0) is 24.5. The number of rotatable bonds is 6. The lowest BCUT2D eigenvalue weighted by molar-refractivity contribution is 0.172. The first-order valence-corrected chi connectivity index (χ1v) is 12.4. The molecule has 1 aliphatic rings. The number of aromatic nitrogens is 4. The predicted octanol–water partition coefficient (Wildman–Crippen LogP) is 3.59. The molecule has 0 saturated carbocycles. The topological polar surface area (TPSA) is 65.1 Å². The quantitative estimate of drug-likeness (QED) is 0.413. The van der Waals surface area contributed by atoms with Gasteiger partial charge in [0.05, 0.1) is 13.1 Å². The molecule has 0 spiro atoms. The average Bonchev–Trinajstić information content (AvgIpc) is 3.22. The van der Waals surface area contributed by atoms with Gasteiger partial charge in [0, 0.05) is 19.1 Å². The van der Waals surface area contributed by atoms with Gasteiger partial charge in [-0.2, -0.15) is 0 Å². The predicted molar refractivity (Wildman–Crippen MR) is 139 cm³/mol. The van der Waals surface area contributed by atoms with Gasteiger partial charge in [-0.15, -0.1) is 0 Å². The van der Waals surface area contributed by atoms with Gasteiger partial charge in [0.15, 0.2) is 11.2 Å². The van der Waals surface area contributed by atoms with Gasteiger partial charge in [-0.25, -0.2) is 9.78 Å². The van der Waals surface area contributed by atoms with Crippen LogP contribution in [-0.2, 0) is 33.6 Å². The number of imidazole rings is 1. The molecule has 0 unspecified atom stereocenters. The summed E-state index contributed by atoms with van der Waals surface area (Å²) in [6, 6.07) is 18.3. The summed E-state index contributed by atoms with van der Waals surface area (Å²) < 4.78 is 4.54. The molecule has 1 fully saturated rings. The van der Waals surface area contributed by atoms with Gasteiger partial charge in [0.2, 0.25) is 0 Å². The first-order chi connectivity index (χ1) is 16.9. The number of piperidine rings is 1. The Balaban J connectivity index is 1.44. The third-order valence-corrected chi connectivity index (χ3v) is 7.52. The van der Waals surface area contributed by atoms with Gasteiger partial charge in [-0.05, 0) is 55.5 Å². The third-order valence-electron chi connectivity index (χ3n) is 7.15. The van der Waals surface area contributed by atoms with Crippen LogP contribution in [0, 0.1) is 5.92 Å². The molecule has 3 heterocycles. The van der Waals surface area contributed by atoms with Crippen molar-refractivity contribution in [2.24, 2.45) is 20.0 Å². The number of likely N-dealkylation sites (tertiary alicyclic amines) is 1. The highest BCUT2D eigenvalue weighted by molar-refractivity contribution is 6.31. The molecular weight excluding hydrogens is 462 g/mol. The first kappa shape index (κ1) is 23.6. The fourth-order valence-corrected chi connectivity index (χ4v) is 5.27. The Labute approximate surface area is 209 Å². The standard InChI is InChI=1S/C27H30ClN5O2/c1-30-25-24(26(34)31(2)27(30)35)33(17-21-10-6-7-11-22(21)28)23(29-25)18-32-14-12-20(13-15-32)16-19-8-4-3-5-9-19/h3-11,20H,12-18H2,1-2H3. The second-order valence-electron chi connectivity index (χ2n) is 9.49.